The lowest BCUT2D eigenvalue weighted by Gasteiger charge is -2.30. The highest BCUT2D eigenvalue weighted by Gasteiger charge is 2.22. The van der Waals surface area contributed by atoms with E-state index in [9.17, 15) is 4.79 Å². The number of hydrogen-bond acceptors (Lipinski definition) is 8. The van der Waals surface area contributed by atoms with Crippen molar-refractivity contribution < 1.29 is 4.74 Å². The minimum absolute atomic E-state index is 0.189. The quantitative estimate of drug-likeness (QED) is 0.343. The summed E-state index contributed by atoms with van der Waals surface area (Å²) in [6.45, 7) is 3.84. The molecular formula is C26H31N7O2S. The first-order chi connectivity index (χ1) is 17.3. The van der Waals surface area contributed by atoms with Crippen LogP contribution in [0.5, 0.6) is 6.01 Å². The molecule has 0 radical (unpaired) electrons. The molecule has 0 atom stereocenters. The summed E-state index contributed by atoms with van der Waals surface area (Å²) in [5.41, 5.74) is 11.3. The predicted molar refractivity (Wildman–Crippen MR) is 145 cm³/mol. The zero-order valence-corrected chi connectivity index (χ0v) is 21.9. The molecule has 1 aliphatic rings. The van der Waals surface area contributed by atoms with Crippen LogP contribution >= 0.6 is 11.8 Å². The number of aromatic amines is 1. The van der Waals surface area contributed by atoms with Gasteiger partial charge in [-0.15, -0.1) is 0 Å². The summed E-state index contributed by atoms with van der Waals surface area (Å²) in [6.07, 6.45) is 1.89. The van der Waals surface area contributed by atoms with E-state index in [0.29, 0.717) is 24.3 Å². The number of nitrogens with two attached hydrogens (primary N) is 1. The Kier molecular flexibility index (Phi) is 6.63. The van der Waals surface area contributed by atoms with Crippen LogP contribution in [0.3, 0.4) is 0 Å². The maximum Gasteiger partial charge on any atom is 0.328 e. The van der Waals surface area contributed by atoms with Crippen molar-refractivity contribution in [1.82, 2.24) is 24.4 Å². The van der Waals surface area contributed by atoms with E-state index in [4.69, 9.17) is 10.5 Å². The number of H-pyrrole nitrogens is 1. The van der Waals surface area contributed by atoms with Crippen molar-refractivity contribution in [2.24, 2.45) is 0 Å². The van der Waals surface area contributed by atoms with Gasteiger partial charge >= 0.3 is 11.7 Å². The Balaban J connectivity index is 1.46. The van der Waals surface area contributed by atoms with Crippen molar-refractivity contribution in [2.45, 2.75) is 42.6 Å². The van der Waals surface area contributed by atoms with Gasteiger partial charge in [-0.05, 0) is 55.9 Å². The maximum absolute atomic E-state index is 12.8. The number of nitrogen functional groups attached to an aromatic ring is 1. The summed E-state index contributed by atoms with van der Waals surface area (Å²) < 4.78 is 7.24. The maximum atomic E-state index is 12.8. The molecule has 5 rings (SSSR count). The van der Waals surface area contributed by atoms with E-state index >= 15 is 0 Å². The molecule has 9 nitrogen and oxygen atoms in total. The molecule has 3 N–H and O–H groups in total. The molecule has 0 fully saturated rings. The SMILES string of the molecule is CCCCOc1nc(N)c2[nH]c(=O)n(Cc3ccc4c(c3)Sc3cc(CN(C)C)ccc3N4C)c2n1. The molecule has 36 heavy (non-hydrogen) atoms. The van der Waals surface area contributed by atoms with Crippen LogP contribution in [0.25, 0.3) is 11.2 Å². The standard InChI is InChI=1S/C26H31N7O2S/c1-5-6-11-35-25-29-23(27)22-24(30-25)33(26(34)28-22)15-17-8-10-19-21(13-17)36-20-12-16(14-31(2)3)7-9-18(20)32(19)4/h7-10,12-13H,5-6,11,14-15H2,1-4H3,(H,28,34)(H2,27,29,30). The number of hydrogen-bond donors (Lipinski definition) is 2. The van der Waals surface area contributed by atoms with Gasteiger partial charge in [0.25, 0.3) is 0 Å². The van der Waals surface area contributed by atoms with E-state index in [1.54, 1.807) is 16.3 Å². The third-order valence-corrected chi connectivity index (χ3v) is 7.28. The second kappa shape index (κ2) is 9.87. The lowest BCUT2D eigenvalue weighted by atomic mass is 10.1. The molecule has 0 amide bonds. The summed E-state index contributed by atoms with van der Waals surface area (Å²) >= 11 is 1.76. The van der Waals surface area contributed by atoms with Gasteiger partial charge < -0.3 is 25.3 Å². The zero-order chi connectivity index (χ0) is 25.4. The fourth-order valence-electron chi connectivity index (χ4n) is 4.38. The van der Waals surface area contributed by atoms with E-state index < -0.39 is 0 Å². The molecule has 0 bridgehead atoms. The Morgan fingerprint density at radius 3 is 2.47 bits per heavy atom. The van der Waals surface area contributed by atoms with Gasteiger partial charge in [0.15, 0.2) is 11.5 Å². The lowest BCUT2D eigenvalue weighted by Crippen LogP contribution is -2.19. The number of ether oxygens (including phenoxy) is 1. The van der Waals surface area contributed by atoms with Crippen LogP contribution in [-0.2, 0) is 13.1 Å². The predicted octanol–water partition coefficient (Wildman–Crippen LogP) is 4.22. The monoisotopic (exact) mass is 505 g/mol. The summed E-state index contributed by atoms with van der Waals surface area (Å²) in [5.74, 6) is 0.204. The number of anilines is 3. The van der Waals surface area contributed by atoms with Crippen molar-refractivity contribution in [3.05, 3.63) is 58.0 Å². The third-order valence-electron chi connectivity index (χ3n) is 6.19. The number of nitrogens with one attached hydrogen (secondary N) is 1. The highest BCUT2D eigenvalue weighted by atomic mass is 32.2. The topological polar surface area (TPSA) is 105 Å². The van der Waals surface area contributed by atoms with Crippen LogP contribution in [0.15, 0.2) is 51.0 Å². The number of imidazole rings is 1. The Bertz CT molecular complexity index is 1480. The average molecular weight is 506 g/mol. The van der Waals surface area contributed by atoms with E-state index in [1.807, 2.05) is 0 Å². The molecule has 0 unspecified atom stereocenters. The van der Waals surface area contributed by atoms with Crippen LogP contribution in [0.1, 0.15) is 30.9 Å². The Morgan fingerprint density at radius 2 is 1.78 bits per heavy atom. The molecular weight excluding hydrogens is 474 g/mol. The van der Waals surface area contributed by atoms with Crippen LogP contribution in [0.2, 0.25) is 0 Å². The fourth-order valence-corrected chi connectivity index (χ4v) is 5.65. The molecule has 0 saturated carbocycles. The third kappa shape index (κ3) is 4.66. The highest BCUT2D eigenvalue weighted by Crippen LogP contribution is 2.48. The second-order valence-corrected chi connectivity index (χ2v) is 10.4. The van der Waals surface area contributed by atoms with Crippen molar-refractivity contribution in [1.29, 1.82) is 0 Å². The van der Waals surface area contributed by atoms with Gasteiger partial charge in [-0.25, -0.2) is 4.79 Å². The van der Waals surface area contributed by atoms with Gasteiger partial charge in [0.05, 0.1) is 24.5 Å². The number of benzene rings is 2. The number of unbranched alkanes of at least 4 members (excludes halogenated alkanes) is 1. The Labute approximate surface area is 214 Å². The minimum atomic E-state index is -0.280. The van der Waals surface area contributed by atoms with Crippen molar-refractivity contribution in [3.8, 4) is 6.01 Å². The first-order valence-electron chi connectivity index (χ1n) is 12.0. The van der Waals surface area contributed by atoms with E-state index in [1.165, 1.54) is 16.1 Å². The van der Waals surface area contributed by atoms with E-state index in [2.05, 4.69) is 89.2 Å². The van der Waals surface area contributed by atoms with Crippen LogP contribution in [-0.4, -0.2) is 52.2 Å². The van der Waals surface area contributed by atoms with Crippen LogP contribution in [0, 0.1) is 0 Å². The summed E-state index contributed by atoms with van der Waals surface area (Å²) in [7, 11) is 6.24. The van der Waals surface area contributed by atoms with Gasteiger partial charge in [-0.3, -0.25) is 4.57 Å². The Hall–Kier alpha value is -3.50. The number of rotatable bonds is 8. The summed E-state index contributed by atoms with van der Waals surface area (Å²) in [5, 5.41) is 0. The minimum Gasteiger partial charge on any atom is -0.463 e. The van der Waals surface area contributed by atoms with Crippen molar-refractivity contribution in [3.63, 3.8) is 0 Å². The smallest absolute Gasteiger partial charge is 0.328 e. The number of nitrogens with zero attached hydrogens (tertiary/aromatic N) is 5. The first kappa shape index (κ1) is 24.2. The second-order valence-electron chi connectivity index (χ2n) is 9.31. The van der Waals surface area contributed by atoms with Crippen molar-refractivity contribution in [2.75, 3.05) is 38.4 Å². The molecule has 10 heteroatoms. The van der Waals surface area contributed by atoms with Crippen LogP contribution < -0.4 is 21.1 Å². The first-order valence-corrected chi connectivity index (χ1v) is 12.9. The molecule has 1 aliphatic heterocycles. The number of aromatic nitrogens is 4. The lowest BCUT2D eigenvalue weighted by molar-refractivity contribution is 0.286. The van der Waals surface area contributed by atoms with E-state index in [0.717, 1.165) is 35.5 Å². The zero-order valence-electron chi connectivity index (χ0n) is 21.0. The van der Waals surface area contributed by atoms with Gasteiger partial charge in [-0.2, -0.15) is 9.97 Å². The van der Waals surface area contributed by atoms with Crippen LogP contribution in [0.4, 0.5) is 17.2 Å². The molecule has 3 heterocycles. The molecule has 2 aromatic heterocycles. The molecule has 0 saturated heterocycles. The summed E-state index contributed by atoms with van der Waals surface area (Å²) in [6, 6.07) is 13.1. The van der Waals surface area contributed by atoms with Gasteiger partial charge in [0.1, 0.15) is 5.52 Å². The highest BCUT2D eigenvalue weighted by molar-refractivity contribution is 7.99. The average Bonchev–Trinajstić information content (AvgIpc) is 3.14. The Morgan fingerprint density at radius 1 is 1.08 bits per heavy atom. The van der Waals surface area contributed by atoms with Crippen molar-refractivity contribution >= 4 is 40.1 Å². The van der Waals surface area contributed by atoms with Gasteiger partial charge in [0, 0.05) is 23.4 Å². The molecule has 0 aliphatic carbocycles. The molecule has 188 valence electrons. The number of fused-ring (bicyclic) bond motifs is 3. The normalized spacial score (nSPS) is 12.8. The molecule has 4 aromatic rings. The molecule has 0 spiro atoms. The van der Waals surface area contributed by atoms with Gasteiger partial charge in [-0.1, -0.05) is 37.2 Å². The van der Waals surface area contributed by atoms with Gasteiger partial charge in [0.2, 0.25) is 0 Å². The summed E-state index contributed by atoms with van der Waals surface area (Å²) in [4.78, 5) is 31.1. The fraction of sp³-hybridized carbons (Fsp3) is 0.346. The van der Waals surface area contributed by atoms with E-state index in [-0.39, 0.29) is 17.5 Å². The molecule has 2 aromatic carbocycles. The largest absolute Gasteiger partial charge is 0.463 e.